The molecule has 1 saturated heterocycles. The van der Waals surface area contributed by atoms with Crippen molar-refractivity contribution in [1.82, 2.24) is 4.90 Å². The number of halogens is 1. The fourth-order valence-electron chi connectivity index (χ4n) is 2.69. The molecule has 1 fully saturated rings. The van der Waals surface area contributed by atoms with Crippen molar-refractivity contribution in [3.63, 3.8) is 0 Å². The highest BCUT2D eigenvalue weighted by Crippen LogP contribution is 2.35. The van der Waals surface area contributed by atoms with Crippen molar-refractivity contribution in [2.45, 2.75) is 42.4 Å². The summed E-state index contributed by atoms with van der Waals surface area (Å²) in [5.41, 5.74) is 2.20. The Morgan fingerprint density at radius 3 is 2.81 bits per heavy atom. The molecule has 1 aliphatic heterocycles. The average molecular weight is 399 g/mol. The summed E-state index contributed by atoms with van der Waals surface area (Å²) in [6.45, 7) is 4.72. The number of aliphatic hydroxyl groups is 1. The Balaban J connectivity index is 1.90. The Kier molecular flexibility index (Phi) is 5.85. The lowest BCUT2D eigenvalue weighted by Gasteiger charge is -2.36. The second kappa shape index (κ2) is 7.43. The van der Waals surface area contributed by atoms with Crippen molar-refractivity contribution < 1.29 is 5.11 Å². The van der Waals surface area contributed by atoms with Gasteiger partial charge in [0.05, 0.1) is 6.07 Å². The Labute approximate surface area is 140 Å². The van der Waals surface area contributed by atoms with Crippen molar-refractivity contribution >= 4 is 28.3 Å². The van der Waals surface area contributed by atoms with Crippen LogP contribution in [0.25, 0.3) is 0 Å². The zero-order chi connectivity index (χ0) is 15.3. The molecular weight excluding hydrogens is 377 g/mol. The van der Waals surface area contributed by atoms with E-state index in [1.165, 1.54) is 5.56 Å². The van der Waals surface area contributed by atoms with Crippen LogP contribution in [0.3, 0.4) is 0 Å². The molecular formula is C16H22IN3O. The van der Waals surface area contributed by atoms with Gasteiger partial charge in [-0.25, -0.2) is 0 Å². The summed E-state index contributed by atoms with van der Waals surface area (Å²) in [5.74, 6) is 0. The molecule has 1 heterocycles. The summed E-state index contributed by atoms with van der Waals surface area (Å²) in [7, 11) is 0. The number of alkyl halides is 1. The summed E-state index contributed by atoms with van der Waals surface area (Å²) in [4.78, 5) is 2.44. The third-order valence-corrected chi connectivity index (χ3v) is 5.32. The molecule has 1 atom stereocenters. The van der Waals surface area contributed by atoms with Gasteiger partial charge in [0.1, 0.15) is 6.23 Å². The predicted octanol–water partition coefficient (Wildman–Crippen LogP) is 3.12. The molecule has 0 aromatic heterocycles. The number of piperidine rings is 1. The van der Waals surface area contributed by atoms with Crippen LogP contribution in [0.5, 0.6) is 0 Å². The summed E-state index contributed by atoms with van der Waals surface area (Å²) >= 11 is 2.46. The van der Waals surface area contributed by atoms with E-state index in [9.17, 15) is 5.11 Å². The first-order valence-corrected chi connectivity index (χ1v) is 8.40. The Bertz CT molecular complexity index is 504. The van der Waals surface area contributed by atoms with Crippen molar-refractivity contribution in [3.05, 3.63) is 29.8 Å². The van der Waals surface area contributed by atoms with Crippen LogP contribution in [0.4, 0.5) is 5.69 Å². The van der Waals surface area contributed by atoms with Crippen LogP contribution >= 0.6 is 22.6 Å². The third-order valence-electron chi connectivity index (χ3n) is 3.86. The number of hydrogen-bond donors (Lipinski definition) is 2. The molecule has 1 unspecified atom stereocenters. The smallest absolute Gasteiger partial charge is 0.121 e. The summed E-state index contributed by atoms with van der Waals surface area (Å²) in [6, 6.07) is 10.5. The van der Waals surface area contributed by atoms with Gasteiger partial charge in [-0.1, -0.05) is 34.7 Å². The minimum absolute atomic E-state index is 0.165. The molecule has 0 radical (unpaired) electrons. The fourth-order valence-corrected chi connectivity index (χ4v) is 3.34. The van der Waals surface area contributed by atoms with E-state index in [0.717, 1.165) is 38.2 Å². The number of rotatable bonds is 5. The monoisotopic (exact) mass is 399 g/mol. The molecule has 4 nitrogen and oxygen atoms in total. The summed E-state index contributed by atoms with van der Waals surface area (Å²) < 4.78 is 0.165. The number of nitrogens with zero attached hydrogens (tertiary/aromatic N) is 2. The van der Waals surface area contributed by atoms with Gasteiger partial charge in [0, 0.05) is 22.1 Å². The number of hydrogen-bond acceptors (Lipinski definition) is 4. The number of nitriles is 1. The maximum atomic E-state index is 9.38. The average Bonchev–Trinajstić information content (AvgIpc) is 2.42. The molecule has 0 saturated carbocycles. The zero-order valence-corrected chi connectivity index (χ0v) is 14.5. The molecule has 0 bridgehead atoms. The van der Waals surface area contributed by atoms with Gasteiger partial charge in [-0.15, -0.1) is 0 Å². The molecule has 1 aliphatic rings. The maximum Gasteiger partial charge on any atom is 0.121 e. The molecule has 0 spiro atoms. The van der Waals surface area contributed by atoms with Gasteiger partial charge >= 0.3 is 0 Å². The molecule has 0 aliphatic carbocycles. The molecule has 1 aromatic rings. The van der Waals surface area contributed by atoms with Crippen LogP contribution in [0.1, 0.15) is 31.7 Å². The molecule has 2 N–H and O–H groups in total. The van der Waals surface area contributed by atoms with Gasteiger partial charge in [-0.05, 0) is 50.6 Å². The predicted molar refractivity (Wildman–Crippen MR) is 93.2 cm³/mol. The summed E-state index contributed by atoms with van der Waals surface area (Å²) in [6.07, 6.45) is 2.26. The molecule has 114 valence electrons. The lowest BCUT2D eigenvalue weighted by atomic mass is 9.94. The van der Waals surface area contributed by atoms with E-state index in [1.54, 1.807) is 6.92 Å². The van der Waals surface area contributed by atoms with Crippen LogP contribution in [0, 0.1) is 11.3 Å². The van der Waals surface area contributed by atoms with E-state index in [2.05, 4.69) is 51.0 Å². The van der Waals surface area contributed by atoms with Gasteiger partial charge in [-0.3, -0.25) is 4.90 Å². The van der Waals surface area contributed by atoms with E-state index in [4.69, 9.17) is 5.26 Å². The lowest BCUT2D eigenvalue weighted by molar-refractivity contribution is 0.199. The fraction of sp³-hybridized carbons (Fsp3) is 0.562. The SMILES string of the molecule is CC(O)Nc1cccc(CN2CCC(I)(CC#N)CC2)c1. The molecule has 5 heteroatoms. The van der Waals surface area contributed by atoms with E-state index >= 15 is 0 Å². The number of likely N-dealkylation sites (tertiary alicyclic amines) is 1. The van der Waals surface area contributed by atoms with Crippen molar-refractivity contribution in [3.8, 4) is 6.07 Å². The van der Waals surface area contributed by atoms with Crippen LogP contribution < -0.4 is 5.32 Å². The van der Waals surface area contributed by atoms with Gasteiger partial charge in [-0.2, -0.15) is 5.26 Å². The Morgan fingerprint density at radius 1 is 1.48 bits per heavy atom. The molecule has 1 aromatic carbocycles. The topological polar surface area (TPSA) is 59.3 Å². The van der Waals surface area contributed by atoms with E-state index in [-0.39, 0.29) is 3.42 Å². The minimum atomic E-state index is -0.541. The van der Waals surface area contributed by atoms with Crippen LogP contribution in [0.15, 0.2) is 24.3 Å². The summed E-state index contributed by atoms with van der Waals surface area (Å²) in [5, 5.41) is 21.3. The Morgan fingerprint density at radius 2 is 2.19 bits per heavy atom. The molecule has 21 heavy (non-hydrogen) atoms. The first-order valence-electron chi connectivity index (χ1n) is 7.32. The molecule has 2 rings (SSSR count). The number of nitrogens with one attached hydrogen (secondary N) is 1. The second-order valence-electron chi connectivity index (χ2n) is 5.78. The van der Waals surface area contributed by atoms with E-state index in [1.807, 2.05) is 12.1 Å². The van der Waals surface area contributed by atoms with Crippen LogP contribution in [-0.4, -0.2) is 32.7 Å². The number of aliphatic hydroxyl groups excluding tert-OH is 1. The highest BCUT2D eigenvalue weighted by atomic mass is 127. The standard InChI is InChI=1S/C16H22IN3O/c1-13(21)19-15-4-2-3-14(11-15)12-20-9-6-16(17,5-8-18)7-10-20/h2-4,11,13,19,21H,5-7,9-10,12H2,1H3. The van der Waals surface area contributed by atoms with Crippen molar-refractivity contribution in [2.75, 3.05) is 18.4 Å². The number of benzene rings is 1. The molecule has 0 amide bonds. The van der Waals surface area contributed by atoms with Crippen molar-refractivity contribution in [2.24, 2.45) is 0 Å². The van der Waals surface area contributed by atoms with Gasteiger partial charge < -0.3 is 10.4 Å². The van der Waals surface area contributed by atoms with Crippen molar-refractivity contribution in [1.29, 1.82) is 5.26 Å². The lowest BCUT2D eigenvalue weighted by Crippen LogP contribution is -2.40. The third kappa shape index (κ3) is 5.13. The van der Waals surface area contributed by atoms with Gasteiger partial charge in [0.2, 0.25) is 0 Å². The van der Waals surface area contributed by atoms with Gasteiger partial charge in [0.25, 0.3) is 0 Å². The Hall–Kier alpha value is -0.840. The maximum absolute atomic E-state index is 9.38. The first-order chi connectivity index (χ1) is 10.0. The second-order valence-corrected chi connectivity index (χ2v) is 8.07. The largest absolute Gasteiger partial charge is 0.374 e. The zero-order valence-electron chi connectivity index (χ0n) is 12.3. The van der Waals surface area contributed by atoms with E-state index < -0.39 is 6.23 Å². The van der Waals surface area contributed by atoms with Gasteiger partial charge in [0.15, 0.2) is 0 Å². The highest BCUT2D eigenvalue weighted by Gasteiger charge is 2.31. The van der Waals surface area contributed by atoms with Crippen LogP contribution in [-0.2, 0) is 6.54 Å². The highest BCUT2D eigenvalue weighted by molar-refractivity contribution is 14.1. The van der Waals surface area contributed by atoms with Crippen LogP contribution in [0.2, 0.25) is 0 Å². The quantitative estimate of drug-likeness (QED) is 0.454. The van der Waals surface area contributed by atoms with E-state index in [0.29, 0.717) is 6.42 Å². The normalized spacial score (nSPS) is 19.7. The first kappa shape index (κ1) is 16.5. The number of anilines is 1. The minimum Gasteiger partial charge on any atom is -0.374 e.